The standard InChI is InChI=1S/C11H14N2S/c1-4-9-7-12-13(3)11(9)10-5-6-14-8(10)2/h5-7H,4H2,1-3H3. The quantitative estimate of drug-likeness (QED) is 0.738. The van der Waals surface area contributed by atoms with Crippen molar-refractivity contribution in [2.75, 3.05) is 0 Å². The van der Waals surface area contributed by atoms with Gasteiger partial charge in [-0.2, -0.15) is 5.10 Å². The number of nitrogens with zero attached hydrogens (tertiary/aromatic N) is 2. The van der Waals surface area contributed by atoms with Crippen LogP contribution in [-0.2, 0) is 13.5 Å². The highest BCUT2D eigenvalue weighted by Gasteiger charge is 2.11. The van der Waals surface area contributed by atoms with E-state index in [1.54, 1.807) is 11.3 Å². The average molecular weight is 206 g/mol. The summed E-state index contributed by atoms with van der Waals surface area (Å²) in [5.74, 6) is 0. The summed E-state index contributed by atoms with van der Waals surface area (Å²) in [5, 5.41) is 6.44. The third-order valence-corrected chi connectivity index (χ3v) is 3.36. The van der Waals surface area contributed by atoms with Gasteiger partial charge in [0.25, 0.3) is 0 Å². The van der Waals surface area contributed by atoms with Crippen LogP contribution >= 0.6 is 11.3 Å². The Hall–Kier alpha value is -1.09. The van der Waals surface area contributed by atoms with E-state index in [-0.39, 0.29) is 0 Å². The van der Waals surface area contributed by atoms with E-state index in [0.717, 1.165) is 6.42 Å². The molecule has 0 aliphatic heterocycles. The van der Waals surface area contributed by atoms with E-state index in [9.17, 15) is 0 Å². The second-order valence-corrected chi connectivity index (χ2v) is 4.51. The number of thiophene rings is 1. The van der Waals surface area contributed by atoms with E-state index in [4.69, 9.17) is 0 Å². The zero-order valence-corrected chi connectivity index (χ0v) is 9.56. The van der Waals surface area contributed by atoms with Gasteiger partial charge in [0.05, 0.1) is 11.9 Å². The molecule has 0 saturated carbocycles. The fourth-order valence-corrected chi connectivity index (χ4v) is 2.42. The third-order valence-electron chi connectivity index (χ3n) is 2.51. The second-order valence-electron chi connectivity index (χ2n) is 3.39. The molecular formula is C11H14N2S. The fraction of sp³-hybridized carbons (Fsp3) is 0.364. The van der Waals surface area contributed by atoms with Gasteiger partial charge in [0.2, 0.25) is 0 Å². The maximum Gasteiger partial charge on any atom is 0.0721 e. The van der Waals surface area contributed by atoms with E-state index in [1.807, 2.05) is 17.9 Å². The van der Waals surface area contributed by atoms with E-state index in [0.29, 0.717) is 0 Å². The first-order valence-electron chi connectivity index (χ1n) is 4.79. The predicted molar refractivity (Wildman–Crippen MR) is 60.6 cm³/mol. The monoisotopic (exact) mass is 206 g/mol. The molecular weight excluding hydrogens is 192 g/mol. The van der Waals surface area contributed by atoms with Crippen LogP contribution in [0.4, 0.5) is 0 Å². The summed E-state index contributed by atoms with van der Waals surface area (Å²) >= 11 is 1.79. The first-order valence-corrected chi connectivity index (χ1v) is 5.67. The van der Waals surface area contributed by atoms with Crippen molar-refractivity contribution in [3.63, 3.8) is 0 Å². The van der Waals surface area contributed by atoms with Crippen molar-refractivity contribution in [2.24, 2.45) is 7.05 Å². The summed E-state index contributed by atoms with van der Waals surface area (Å²) < 4.78 is 1.97. The van der Waals surface area contributed by atoms with Crippen LogP contribution in [-0.4, -0.2) is 9.78 Å². The van der Waals surface area contributed by atoms with Gasteiger partial charge in [-0.3, -0.25) is 4.68 Å². The molecule has 0 spiro atoms. The third kappa shape index (κ3) is 1.38. The molecule has 0 saturated heterocycles. The Bertz CT molecular complexity index is 440. The molecule has 3 heteroatoms. The van der Waals surface area contributed by atoms with Crippen LogP contribution in [0.2, 0.25) is 0 Å². The molecule has 2 heterocycles. The van der Waals surface area contributed by atoms with E-state index in [1.165, 1.54) is 21.7 Å². The van der Waals surface area contributed by atoms with Crippen molar-refractivity contribution < 1.29 is 0 Å². The molecule has 14 heavy (non-hydrogen) atoms. The Kier molecular flexibility index (Phi) is 2.42. The Morgan fingerprint density at radius 2 is 2.29 bits per heavy atom. The van der Waals surface area contributed by atoms with Gasteiger partial charge in [-0.05, 0) is 30.4 Å². The lowest BCUT2D eigenvalue weighted by Crippen LogP contribution is -1.95. The topological polar surface area (TPSA) is 17.8 Å². The van der Waals surface area contributed by atoms with Crippen molar-refractivity contribution in [2.45, 2.75) is 20.3 Å². The smallest absolute Gasteiger partial charge is 0.0721 e. The van der Waals surface area contributed by atoms with E-state index < -0.39 is 0 Å². The minimum atomic E-state index is 1.04. The molecule has 0 N–H and O–H groups in total. The molecule has 2 aromatic rings. The van der Waals surface area contributed by atoms with Crippen molar-refractivity contribution in [1.29, 1.82) is 0 Å². The summed E-state index contributed by atoms with van der Waals surface area (Å²) in [6.07, 6.45) is 3.00. The average Bonchev–Trinajstić information content (AvgIpc) is 2.72. The van der Waals surface area contributed by atoms with Gasteiger partial charge in [0.15, 0.2) is 0 Å². The van der Waals surface area contributed by atoms with E-state index >= 15 is 0 Å². The number of aromatic nitrogens is 2. The summed E-state index contributed by atoms with van der Waals surface area (Å²) in [5.41, 5.74) is 3.92. The van der Waals surface area contributed by atoms with Crippen molar-refractivity contribution in [3.8, 4) is 11.3 Å². The molecule has 0 unspecified atom stereocenters. The first kappa shape index (κ1) is 9.46. The SMILES string of the molecule is CCc1cnn(C)c1-c1ccsc1C. The summed E-state index contributed by atoms with van der Waals surface area (Å²) in [6, 6.07) is 2.18. The van der Waals surface area contributed by atoms with Crippen LogP contribution in [0.1, 0.15) is 17.4 Å². The lowest BCUT2D eigenvalue weighted by molar-refractivity contribution is 0.775. The molecule has 0 aromatic carbocycles. The maximum absolute atomic E-state index is 4.31. The molecule has 0 fully saturated rings. The Morgan fingerprint density at radius 3 is 2.86 bits per heavy atom. The zero-order chi connectivity index (χ0) is 10.1. The van der Waals surface area contributed by atoms with Gasteiger partial charge in [-0.25, -0.2) is 0 Å². The molecule has 2 aromatic heterocycles. The fourth-order valence-electron chi connectivity index (χ4n) is 1.72. The second kappa shape index (κ2) is 3.58. The first-order chi connectivity index (χ1) is 6.74. The van der Waals surface area contributed by atoms with Crippen LogP contribution in [0.3, 0.4) is 0 Å². The minimum Gasteiger partial charge on any atom is -0.268 e. The maximum atomic E-state index is 4.31. The van der Waals surface area contributed by atoms with Gasteiger partial charge >= 0.3 is 0 Å². The molecule has 2 rings (SSSR count). The Morgan fingerprint density at radius 1 is 1.50 bits per heavy atom. The van der Waals surface area contributed by atoms with Crippen LogP contribution in [0.25, 0.3) is 11.3 Å². The number of aryl methyl sites for hydroxylation is 3. The number of rotatable bonds is 2. The van der Waals surface area contributed by atoms with Crippen LogP contribution in [0, 0.1) is 6.92 Å². The molecule has 0 atom stereocenters. The predicted octanol–water partition coefficient (Wildman–Crippen LogP) is 3.02. The largest absolute Gasteiger partial charge is 0.268 e. The number of hydrogen-bond acceptors (Lipinski definition) is 2. The molecule has 0 bridgehead atoms. The summed E-state index contributed by atoms with van der Waals surface area (Å²) in [7, 11) is 2.01. The molecule has 0 aliphatic rings. The van der Waals surface area contributed by atoms with Crippen molar-refractivity contribution in [3.05, 3.63) is 28.1 Å². The molecule has 74 valence electrons. The Labute approximate surface area is 88.2 Å². The summed E-state index contributed by atoms with van der Waals surface area (Å²) in [6.45, 7) is 4.33. The van der Waals surface area contributed by atoms with E-state index in [2.05, 4.69) is 30.4 Å². The molecule has 2 nitrogen and oxygen atoms in total. The minimum absolute atomic E-state index is 1.04. The van der Waals surface area contributed by atoms with Gasteiger partial charge in [-0.15, -0.1) is 11.3 Å². The molecule has 0 aliphatic carbocycles. The highest BCUT2D eigenvalue weighted by molar-refractivity contribution is 7.10. The normalized spacial score (nSPS) is 10.8. The number of hydrogen-bond donors (Lipinski definition) is 0. The Balaban J connectivity index is 2.60. The van der Waals surface area contributed by atoms with Crippen LogP contribution in [0.5, 0.6) is 0 Å². The molecule has 0 radical (unpaired) electrons. The van der Waals surface area contributed by atoms with Gasteiger partial charge in [0, 0.05) is 17.5 Å². The lowest BCUT2D eigenvalue weighted by Gasteiger charge is -2.03. The highest BCUT2D eigenvalue weighted by Crippen LogP contribution is 2.29. The van der Waals surface area contributed by atoms with Crippen LogP contribution < -0.4 is 0 Å². The van der Waals surface area contributed by atoms with Crippen molar-refractivity contribution in [1.82, 2.24) is 9.78 Å². The zero-order valence-electron chi connectivity index (χ0n) is 8.74. The molecule has 0 amide bonds. The van der Waals surface area contributed by atoms with Gasteiger partial charge in [0.1, 0.15) is 0 Å². The van der Waals surface area contributed by atoms with Crippen LogP contribution in [0.15, 0.2) is 17.6 Å². The van der Waals surface area contributed by atoms with Gasteiger partial charge < -0.3 is 0 Å². The highest BCUT2D eigenvalue weighted by atomic mass is 32.1. The van der Waals surface area contributed by atoms with Gasteiger partial charge in [-0.1, -0.05) is 6.92 Å². The van der Waals surface area contributed by atoms with Crippen molar-refractivity contribution >= 4 is 11.3 Å². The lowest BCUT2D eigenvalue weighted by atomic mass is 10.1. The summed E-state index contributed by atoms with van der Waals surface area (Å²) in [4.78, 5) is 1.36.